The maximum absolute atomic E-state index is 12.6. The molecule has 140 valence electrons. The van der Waals surface area contributed by atoms with Gasteiger partial charge in [-0.15, -0.1) is 0 Å². The second kappa shape index (κ2) is 6.82. The van der Waals surface area contributed by atoms with Crippen LogP contribution in [-0.4, -0.2) is 28.1 Å². The third kappa shape index (κ3) is 3.47. The van der Waals surface area contributed by atoms with Crippen LogP contribution < -0.4 is 5.32 Å². The van der Waals surface area contributed by atoms with Crippen LogP contribution in [0.5, 0.6) is 0 Å². The Balaban J connectivity index is 1.49. The molecule has 2 atom stereocenters. The van der Waals surface area contributed by atoms with Crippen molar-refractivity contribution in [2.45, 2.75) is 45.3 Å². The fourth-order valence-corrected chi connectivity index (χ4v) is 3.92. The zero-order valence-corrected chi connectivity index (χ0v) is 15.6. The number of benzene rings is 1. The summed E-state index contributed by atoms with van der Waals surface area (Å²) in [4.78, 5) is 17.1. The second-order valence-electron chi connectivity index (χ2n) is 8.03. The Bertz CT molecular complexity index is 959. The topological polar surface area (TPSA) is 75.4 Å². The average molecular weight is 364 g/mol. The minimum atomic E-state index is -0.303. The van der Waals surface area contributed by atoms with E-state index in [1.807, 2.05) is 50.2 Å². The number of carbonyl (C=O) groups excluding carboxylic acids is 1. The molecule has 2 heterocycles. The molecule has 1 saturated carbocycles. The Morgan fingerprint density at radius 3 is 2.70 bits per heavy atom. The molecule has 2 unspecified atom stereocenters. The van der Waals surface area contributed by atoms with Crippen molar-refractivity contribution in [2.75, 3.05) is 0 Å². The van der Waals surface area contributed by atoms with E-state index in [0.29, 0.717) is 5.56 Å². The van der Waals surface area contributed by atoms with Crippen molar-refractivity contribution >= 4 is 16.9 Å². The predicted octanol–water partition coefficient (Wildman–Crippen LogP) is 4.16. The number of aromatic nitrogens is 1. The van der Waals surface area contributed by atoms with Gasteiger partial charge in [0, 0.05) is 28.8 Å². The number of pyridine rings is 1. The number of furan rings is 1. The van der Waals surface area contributed by atoms with Gasteiger partial charge < -0.3 is 14.8 Å². The number of nitrogens with zero attached hydrogens (tertiary/aromatic N) is 1. The summed E-state index contributed by atoms with van der Waals surface area (Å²) in [6, 6.07) is 11.3. The first-order chi connectivity index (χ1) is 12.9. The summed E-state index contributed by atoms with van der Waals surface area (Å²) in [6.07, 6.45) is 5.38. The van der Waals surface area contributed by atoms with E-state index in [0.717, 1.165) is 41.5 Å². The Kier molecular flexibility index (Phi) is 4.48. The van der Waals surface area contributed by atoms with Gasteiger partial charge in [-0.25, -0.2) is 0 Å². The lowest BCUT2D eigenvalue weighted by atomic mass is 9.73. The first-order valence-corrected chi connectivity index (χ1v) is 9.35. The molecule has 4 rings (SSSR count). The number of hydrogen-bond acceptors (Lipinski definition) is 4. The highest BCUT2D eigenvalue weighted by Gasteiger charge is 2.36. The predicted molar refractivity (Wildman–Crippen MR) is 104 cm³/mol. The van der Waals surface area contributed by atoms with Gasteiger partial charge >= 0.3 is 0 Å². The standard InChI is InChI=1S/C22H24N2O3/c1-22(2)13-16(7-8-19(22)25)24-21(26)15-5-3-14(4-6-15)20-17-10-12-27-18(17)9-11-23-20/h3-6,9-12,16,19,25H,7-8,13H2,1-2H3,(H,24,26). The summed E-state index contributed by atoms with van der Waals surface area (Å²) in [5.41, 5.74) is 3.04. The molecule has 27 heavy (non-hydrogen) atoms. The van der Waals surface area contributed by atoms with Crippen LogP contribution in [0.4, 0.5) is 0 Å². The van der Waals surface area contributed by atoms with Gasteiger partial charge in [0.15, 0.2) is 0 Å². The third-order valence-corrected chi connectivity index (χ3v) is 5.60. The molecule has 0 bridgehead atoms. The van der Waals surface area contributed by atoms with Crippen LogP contribution in [0.15, 0.2) is 53.3 Å². The maximum Gasteiger partial charge on any atom is 0.251 e. The lowest BCUT2D eigenvalue weighted by molar-refractivity contribution is 0.00181. The van der Waals surface area contributed by atoms with E-state index in [-0.39, 0.29) is 23.5 Å². The summed E-state index contributed by atoms with van der Waals surface area (Å²) in [5.74, 6) is -0.0757. The number of rotatable bonds is 3. The number of fused-ring (bicyclic) bond motifs is 1. The molecule has 2 aromatic heterocycles. The molecule has 5 heteroatoms. The molecular weight excluding hydrogens is 340 g/mol. The maximum atomic E-state index is 12.6. The lowest BCUT2D eigenvalue weighted by Crippen LogP contribution is -2.46. The molecule has 1 amide bonds. The van der Waals surface area contributed by atoms with E-state index in [9.17, 15) is 9.90 Å². The van der Waals surface area contributed by atoms with E-state index in [2.05, 4.69) is 10.3 Å². The van der Waals surface area contributed by atoms with E-state index in [1.54, 1.807) is 12.5 Å². The molecule has 0 aliphatic heterocycles. The van der Waals surface area contributed by atoms with Crippen molar-refractivity contribution in [3.8, 4) is 11.3 Å². The average Bonchev–Trinajstić information content (AvgIpc) is 3.13. The number of nitrogens with one attached hydrogen (secondary N) is 1. The summed E-state index contributed by atoms with van der Waals surface area (Å²) in [7, 11) is 0. The van der Waals surface area contributed by atoms with E-state index in [1.165, 1.54) is 0 Å². The van der Waals surface area contributed by atoms with Crippen LogP contribution in [0.2, 0.25) is 0 Å². The van der Waals surface area contributed by atoms with Gasteiger partial charge in [0.25, 0.3) is 5.91 Å². The van der Waals surface area contributed by atoms with Gasteiger partial charge in [-0.3, -0.25) is 9.78 Å². The molecule has 1 aliphatic carbocycles. The Morgan fingerprint density at radius 1 is 1.19 bits per heavy atom. The minimum absolute atomic E-state index is 0.0757. The number of hydrogen-bond donors (Lipinski definition) is 2. The minimum Gasteiger partial charge on any atom is -0.464 e. The number of carbonyl (C=O) groups is 1. The molecule has 3 aromatic rings. The molecule has 0 spiro atoms. The van der Waals surface area contributed by atoms with Crippen molar-refractivity contribution in [3.05, 3.63) is 54.4 Å². The Labute approximate surface area is 158 Å². The lowest BCUT2D eigenvalue weighted by Gasteiger charge is -2.39. The molecule has 5 nitrogen and oxygen atoms in total. The highest BCUT2D eigenvalue weighted by atomic mass is 16.3. The zero-order valence-electron chi connectivity index (χ0n) is 15.6. The van der Waals surface area contributed by atoms with E-state index < -0.39 is 0 Å². The van der Waals surface area contributed by atoms with Crippen LogP contribution in [-0.2, 0) is 0 Å². The van der Waals surface area contributed by atoms with Gasteiger partial charge in [0.05, 0.1) is 18.1 Å². The van der Waals surface area contributed by atoms with Gasteiger partial charge in [0.2, 0.25) is 0 Å². The van der Waals surface area contributed by atoms with Crippen LogP contribution >= 0.6 is 0 Å². The van der Waals surface area contributed by atoms with Crippen molar-refractivity contribution in [3.63, 3.8) is 0 Å². The van der Waals surface area contributed by atoms with Crippen molar-refractivity contribution in [1.29, 1.82) is 0 Å². The Morgan fingerprint density at radius 2 is 1.96 bits per heavy atom. The number of amides is 1. The molecule has 1 aliphatic rings. The van der Waals surface area contributed by atoms with Crippen LogP contribution in [0, 0.1) is 5.41 Å². The van der Waals surface area contributed by atoms with Crippen LogP contribution in [0.3, 0.4) is 0 Å². The van der Waals surface area contributed by atoms with Crippen molar-refractivity contribution < 1.29 is 14.3 Å². The van der Waals surface area contributed by atoms with E-state index >= 15 is 0 Å². The first-order valence-electron chi connectivity index (χ1n) is 9.35. The summed E-state index contributed by atoms with van der Waals surface area (Å²) in [5, 5.41) is 14.2. The zero-order chi connectivity index (χ0) is 19.0. The van der Waals surface area contributed by atoms with Gasteiger partial charge in [-0.1, -0.05) is 26.0 Å². The van der Waals surface area contributed by atoms with Gasteiger partial charge in [0.1, 0.15) is 5.58 Å². The quantitative estimate of drug-likeness (QED) is 0.732. The fourth-order valence-electron chi connectivity index (χ4n) is 3.92. The number of aliphatic hydroxyl groups is 1. The van der Waals surface area contributed by atoms with Gasteiger partial charge in [-0.05, 0) is 48.9 Å². The van der Waals surface area contributed by atoms with Crippen molar-refractivity contribution in [1.82, 2.24) is 10.3 Å². The summed E-state index contributed by atoms with van der Waals surface area (Å²) < 4.78 is 5.43. The molecule has 0 radical (unpaired) electrons. The summed E-state index contributed by atoms with van der Waals surface area (Å²) in [6.45, 7) is 4.10. The molecule has 0 saturated heterocycles. The molecule has 1 fully saturated rings. The normalized spacial score (nSPS) is 21.9. The molecule has 1 aromatic carbocycles. The van der Waals surface area contributed by atoms with E-state index in [4.69, 9.17) is 4.42 Å². The largest absolute Gasteiger partial charge is 0.464 e. The number of aliphatic hydroxyl groups excluding tert-OH is 1. The highest BCUT2D eigenvalue weighted by Crippen LogP contribution is 2.35. The SMILES string of the molecule is CC1(C)CC(NC(=O)c2ccc(-c3nccc4occc34)cc2)CCC1O. The third-order valence-electron chi connectivity index (χ3n) is 5.60. The first kappa shape index (κ1) is 17.7. The summed E-state index contributed by atoms with van der Waals surface area (Å²) >= 11 is 0. The fraction of sp³-hybridized carbons (Fsp3) is 0.364. The molecular formula is C22H24N2O3. The molecule has 2 N–H and O–H groups in total. The Hall–Kier alpha value is -2.66. The second-order valence-corrected chi connectivity index (χ2v) is 8.03. The van der Waals surface area contributed by atoms with Crippen LogP contribution in [0.25, 0.3) is 22.2 Å². The van der Waals surface area contributed by atoms with Crippen molar-refractivity contribution in [2.24, 2.45) is 5.41 Å². The van der Waals surface area contributed by atoms with Gasteiger partial charge in [-0.2, -0.15) is 0 Å². The monoisotopic (exact) mass is 364 g/mol. The highest BCUT2D eigenvalue weighted by molar-refractivity contribution is 5.96. The van der Waals surface area contributed by atoms with Crippen LogP contribution in [0.1, 0.15) is 43.5 Å². The smallest absolute Gasteiger partial charge is 0.251 e.